The van der Waals surface area contributed by atoms with E-state index in [1.807, 2.05) is 11.8 Å². The SMILES string of the molecule is CO[C@H]1CC[C@H]1N1CCn2c(ccc(-n3cnc(C)c3)c2=O)C1=O. The number of amides is 1. The molecule has 1 aliphatic carbocycles. The van der Waals surface area contributed by atoms with Gasteiger partial charge in [-0.15, -0.1) is 0 Å². The molecule has 2 atom stereocenters. The summed E-state index contributed by atoms with van der Waals surface area (Å²) in [5.41, 5.74) is 1.65. The quantitative estimate of drug-likeness (QED) is 0.842. The fourth-order valence-corrected chi connectivity index (χ4v) is 3.58. The summed E-state index contributed by atoms with van der Waals surface area (Å²) < 4.78 is 8.70. The van der Waals surface area contributed by atoms with E-state index in [1.165, 1.54) is 0 Å². The van der Waals surface area contributed by atoms with Crippen molar-refractivity contribution in [1.29, 1.82) is 0 Å². The zero-order chi connectivity index (χ0) is 16.8. The minimum Gasteiger partial charge on any atom is -0.379 e. The van der Waals surface area contributed by atoms with Gasteiger partial charge in [-0.1, -0.05) is 0 Å². The standard InChI is InChI=1S/C17H20N4O3/c1-11-9-19(10-18-11)13-3-4-14-17(23)20(7-8-21(14)16(13)22)12-5-6-15(12)24-2/h3-4,9-10,12,15H,5-8H2,1-2H3/t12-,15+/m1/s1. The van der Waals surface area contributed by atoms with Crippen LogP contribution < -0.4 is 5.56 Å². The summed E-state index contributed by atoms with van der Waals surface area (Å²) in [4.78, 5) is 31.6. The average molecular weight is 328 g/mol. The first-order valence-corrected chi connectivity index (χ1v) is 8.18. The highest BCUT2D eigenvalue weighted by molar-refractivity contribution is 5.93. The van der Waals surface area contributed by atoms with Crippen LogP contribution in [0, 0.1) is 6.92 Å². The highest BCUT2D eigenvalue weighted by Gasteiger charge is 2.40. The maximum atomic E-state index is 12.8. The van der Waals surface area contributed by atoms with Crippen molar-refractivity contribution in [2.75, 3.05) is 13.7 Å². The molecule has 0 spiro atoms. The van der Waals surface area contributed by atoms with Crippen LogP contribution >= 0.6 is 0 Å². The number of nitrogens with zero attached hydrogens (tertiary/aromatic N) is 4. The van der Waals surface area contributed by atoms with E-state index in [4.69, 9.17) is 4.74 Å². The number of rotatable bonds is 3. The Hall–Kier alpha value is -2.41. The molecule has 24 heavy (non-hydrogen) atoms. The van der Waals surface area contributed by atoms with Gasteiger partial charge in [0.05, 0.1) is 24.2 Å². The zero-order valence-corrected chi connectivity index (χ0v) is 13.8. The molecule has 1 amide bonds. The molecule has 7 heteroatoms. The first-order valence-electron chi connectivity index (χ1n) is 8.18. The number of imidazole rings is 1. The number of ether oxygens (including phenoxy) is 1. The highest BCUT2D eigenvalue weighted by atomic mass is 16.5. The highest BCUT2D eigenvalue weighted by Crippen LogP contribution is 2.30. The van der Waals surface area contributed by atoms with E-state index in [9.17, 15) is 9.59 Å². The van der Waals surface area contributed by atoms with Crippen LogP contribution in [0.5, 0.6) is 0 Å². The van der Waals surface area contributed by atoms with E-state index in [-0.39, 0.29) is 23.6 Å². The Morgan fingerprint density at radius 2 is 2.04 bits per heavy atom. The third-order valence-electron chi connectivity index (χ3n) is 5.07. The van der Waals surface area contributed by atoms with Gasteiger partial charge in [-0.25, -0.2) is 4.98 Å². The molecule has 4 rings (SSSR count). The number of carbonyl (C=O) groups is 1. The molecule has 1 fully saturated rings. The van der Waals surface area contributed by atoms with Gasteiger partial charge in [0.15, 0.2) is 0 Å². The van der Waals surface area contributed by atoms with Crippen molar-refractivity contribution in [3.8, 4) is 5.69 Å². The van der Waals surface area contributed by atoms with Crippen LogP contribution in [0.3, 0.4) is 0 Å². The summed E-state index contributed by atoms with van der Waals surface area (Å²) in [5.74, 6) is -0.0848. The van der Waals surface area contributed by atoms with Crippen LogP contribution in [0.15, 0.2) is 29.5 Å². The van der Waals surface area contributed by atoms with Crippen LogP contribution in [0.1, 0.15) is 29.0 Å². The number of methoxy groups -OCH3 is 1. The lowest BCUT2D eigenvalue weighted by molar-refractivity contribution is -0.0430. The Balaban J connectivity index is 1.69. The van der Waals surface area contributed by atoms with E-state index >= 15 is 0 Å². The van der Waals surface area contributed by atoms with Crippen molar-refractivity contribution >= 4 is 5.91 Å². The Morgan fingerprint density at radius 1 is 1.21 bits per heavy atom. The molecule has 0 saturated heterocycles. The fraction of sp³-hybridized carbons (Fsp3) is 0.471. The lowest BCUT2D eigenvalue weighted by Gasteiger charge is -2.45. The molecule has 0 aromatic carbocycles. The summed E-state index contributed by atoms with van der Waals surface area (Å²) in [6, 6.07) is 3.56. The van der Waals surface area contributed by atoms with E-state index in [0.29, 0.717) is 24.5 Å². The number of aryl methyl sites for hydroxylation is 1. The van der Waals surface area contributed by atoms with E-state index in [1.54, 1.807) is 40.9 Å². The van der Waals surface area contributed by atoms with Crippen molar-refractivity contribution in [1.82, 2.24) is 19.0 Å². The molecule has 1 aliphatic heterocycles. The Morgan fingerprint density at radius 3 is 2.67 bits per heavy atom. The predicted molar refractivity (Wildman–Crippen MR) is 87.4 cm³/mol. The van der Waals surface area contributed by atoms with Crippen molar-refractivity contribution in [2.45, 2.75) is 38.5 Å². The topological polar surface area (TPSA) is 69.4 Å². The molecular formula is C17H20N4O3. The number of pyridine rings is 1. The maximum absolute atomic E-state index is 12.8. The van der Waals surface area contributed by atoms with Crippen molar-refractivity contribution < 1.29 is 9.53 Å². The van der Waals surface area contributed by atoms with E-state index in [2.05, 4.69) is 4.98 Å². The maximum Gasteiger partial charge on any atom is 0.275 e. The molecule has 126 valence electrons. The molecular weight excluding hydrogens is 308 g/mol. The van der Waals surface area contributed by atoms with Crippen LogP contribution in [-0.4, -0.2) is 50.7 Å². The third kappa shape index (κ3) is 2.19. The molecule has 0 bridgehead atoms. The fourth-order valence-electron chi connectivity index (χ4n) is 3.58. The zero-order valence-electron chi connectivity index (χ0n) is 13.8. The Bertz CT molecular complexity index is 852. The lowest BCUT2D eigenvalue weighted by atomic mass is 9.87. The Kier molecular flexibility index (Phi) is 3.53. The van der Waals surface area contributed by atoms with E-state index < -0.39 is 0 Å². The molecule has 2 aromatic rings. The smallest absolute Gasteiger partial charge is 0.275 e. The van der Waals surface area contributed by atoms with E-state index in [0.717, 1.165) is 18.5 Å². The van der Waals surface area contributed by atoms with Gasteiger partial charge in [-0.05, 0) is 31.9 Å². The van der Waals surface area contributed by atoms with Crippen molar-refractivity contribution in [3.05, 3.63) is 46.4 Å². The van der Waals surface area contributed by atoms with Crippen LogP contribution in [0.2, 0.25) is 0 Å². The largest absolute Gasteiger partial charge is 0.379 e. The van der Waals surface area contributed by atoms with Gasteiger partial charge in [-0.2, -0.15) is 0 Å². The molecule has 3 heterocycles. The van der Waals surface area contributed by atoms with Crippen molar-refractivity contribution in [3.63, 3.8) is 0 Å². The van der Waals surface area contributed by atoms with Crippen LogP contribution in [-0.2, 0) is 11.3 Å². The first-order chi connectivity index (χ1) is 11.6. The predicted octanol–water partition coefficient (Wildman–Crippen LogP) is 0.976. The second-order valence-electron chi connectivity index (χ2n) is 6.40. The summed E-state index contributed by atoms with van der Waals surface area (Å²) in [5, 5.41) is 0. The molecule has 7 nitrogen and oxygen atoms in total. The average Bonchev–Trinajstić information content (AvgIpc) is 2.96. The van der Waals surface area contributed by atoms with Gasteiger partial charge in [0.1, 0.15) is 11.4 Å². The van der Waals surface area contributed by atoms with Gasteiger partial charge >= 0.3 is 0 Å². The Labute approximate surface area is 139 Å². The first kappa shape index (κ1) is 15.1. The number of aromatic nitrogens is 3. The summed E-state index contributed by atoms with van der Waals surface area (Å²) in [6.07, 6.45) is 5.48. The summed E-state index contributed by atoms with van der Waals surface area (Å²) >= 11 is 0. The van der Waals surface area contributed by atoms with Gasteiger partial charge < -0.3 is 18.8 Å². The molecule has 1 saturated carbocycles. The number of hydrogen-bond acceptors (Lipinski definition) is 4. The number of carbonyl (C=O) groups excluding carboxylic acids is 1. The summed E-state index contributed by atoms with van der Waals surface area (Å²) in [7, 11) is 1.68. The van der Waals surface area contributed by atoms with Crippen LogP contribution in [0.25, 0.3) is 5.69 Å². The molecule has 2 aromatic heterocycles. The minimum atomic E-state index is -0.158. The second-order valence-corrected chi connectivity index (χ2v) is 6.40. The number of hydrogen-bond donors (Lipinski definition) is 0. The van der Waals surface area contributed by atoms with Crippen LogP contribution in [0.4, 0.5) is 0 Å². The number of fused-ring (bicyclic) bond motifs is 1. The lowest BCUT2D eigenvalue weighted by Crippen LogP contribution is -2.57. The second kappa shape index (κ2) is 5.59. The normalized spacial score (nSPS) is 23.1. The minimum absolute atomic E-state index is 0.0848. The van der Waals surface area contributed by atoms with Crippen molar-refractivity contribution in [2.24, 2.45) is 0 Å². The molecule has 2 aliphatic rings. The monoisotopic (exact) mass is 328 g/mol. The van der Waals surface area contributed by atoms with Gasteiger partial charge in [0, 0.05) is 26.4 Å². The van der Waals surface area contributed by atoms with Gasteiger partial charge in [-0.3, -0.25) is 9.59 Å². The molecule has 0 radical (unpaired) electrons. The van der Waals surface area contributed by atoms with Gasteiger partial charge in [0.2, 0.25) is 0 Å². The molecule has 0 unspecified atom stereocenters. The molecule has 0 N–H and O–H groups in total. The van der Waals surface area contributed by atoms with Gasteiger partial charge in [0.25, 0.3) is 11.5 Å². The summed E-state index contributed by atoms with van der Waals surface area (Å²) in [6.45, 7) is 2.93. The third-order valence-corrected chi connectivity index (χ3v) is 5.07.